The highest BCUT2D eigenvalue weighted by molar-refractivity contribution is 5.81. The predicted molar refractivity (Wildman–Crippen MR) is 41.3 cm³/mol. The number of carbonyl (C=O) groups is 1. The van der Waals surface area contributed by atoms with Gasteiger partial charge in [-0.15, -0.1) is 0 Å². The molecule has 0 aromatic rings. The van der Waals surface area contributed by atoms with Crippen LogP contribution in [-0.4, -0.2) is 23.5 Å². The van der Waals surface area contributed by atoms with Crippen LogP contribution in [0.4, 0.5) is 0 Å². The minimum Gasteiger partial charge on any atom is -0.409 e. The first kappa shape index (κ1) is 9.74. The molecule has 0 saturated carbocycles. The van der Waals surface area contributed by atoms with Crippen molar-refractivity contribution in [2.75, 3.05) is 6.54 Å². The molecule has 0 spiro atoms. The number of amidine groups is 1. The molecule has 4 N–H and O–H groups in total. The normalized spacial score (nSPS) is 11.2. The van der Waals surface area contributed by atoms with Gasteiger partial charge in [-0.2, -0.15) is 0 Å². The third-order valence-electron chi connectivity index (χ3n) is 1.15. The van der Waals surface area contributed by atoms with Crippen LogP contribution in [0.3, 0.4) is 0 Å². The van der Waals surface area contributed by atoms with Crippen molar-refractivity contribution in [2.24, 2.45) is 10.9 Å². The molecule has 11 heavy (non-hydrogen) atoms. The SMILES string of the molecule is CCC(=O)NCC/C(N)=N/O. The van der Waals surface area contributed by atoms with Gasteiger partial charge in [0.1, 0.15) is 5.84 Å². The molecule has 0 aromatic carbocycles. The van der Waals surface area contributed by atoms with Gasteiger partial charge in [-0.3, -0.25) is 4.79 Å². The first-order chi connectivity index (χ1) is 5.20. The number of nitrogens with one attached hydrogen (secondary N) is 1. The molecular formula is C6H13N3O2. The van der Waals surface area contributed by atoms with E-state index in [9.17, 15) is 4.79 Å². The fourth-order valence-electron chi connectivity index (χ4n) is 0.505. The number of amides is 1. The Morgan fingerprint density at radius 2 is 2.36 bits per heavy atom. The van der Waals surface area contributed by atoms with Gasteiger partial charge in [-0.25, -0.2) is 0 Å². The second-order valence-corrected chi connectivity index (χ2v) is 2.04. The molecule has 64 valence electrons. The monoisotopic (exact) mass is 159 g/mol. The molecule has 0 aliphatic carbocycles. The van der Waals surface area contributed by atoms with E-state index in [4.69, 9.17) is 10.9 Å². The Morgan fingerprint density at radius 1 is 1.73 bits per heavy atom. The Morgan fingerprint density at radius 3 is 2.82 bits per heavy atom. The van der Waals surface area contributed by atoms with Gasteiger partial charge in [0.25, 0.3) is 0 Å². The Labute approximate surface area is 65.3 Å². The van der Waals surface area contributed by atoms with E-state index in [1.54, 1.807) is 6.92 Å². The maximum Gasteiger partial charge on any atom is 0.219 e. The lowest BCUT2D eigenvalue weighted by Crippen LogP contribution is -2.27. The van der Waals surface area contributed by atoms with Crippen molar-refractivity contribution in [2.45, 2.75) is 19.8 Å². The van der Waals surface area contributed by atoms with Crippen molar-refractivity contribution in [3.8, 4) is 0 Å². The van der Waals surface area contributed by atoms with Crippen LogP contribution in [0.2, 0.25) is 0 Å². The molecule has 0 aliphatic rings. The minimum absolute atomic E-state index is 0.0317. The van der Waals surface area contributed by atoms with Crippen LogP contribution >= 0.6 is 0 Å². The van der Waals surface area contributed by atoms with Gasteiger partial charge < -0.3 is 16.3 Å². The van der Waals surface area contributed by atoms with E-state index in [1.807, 2.05) is 0 Å². The summed E-state index contributed by atoms with van der Waals surface area (Å²) in [6.45, 7) is 2.18. The number of nitrogens with two attached hydrogens (primary N) is 1. The van der Waals surface area contributed by atoms with Crippen molar-refractivity contribution in [3.63, 3.8) is 0 Å². The summed E-state index contributed by atoms with van der Waals surface area (Å²) in [7, 11) is 0. The van der Waals surface area contributed by atoms with E-state index in [1.165, 1.54) is 0 Å². The zero-order chi connectivity index (χ0) is 8.69. The third kappa shape index (κ3) is 5.20. The molecule has 0 atom stereocenters. The van der Waals surface area contributed by atoms with Crippen LogP contribution in [0.5, 0.6) is 0 Å². The highest BCUT2D eigenvalue weighted by Crippen LogP contribution is 1.79. The maximum absolute atomic E-state index is 10.6. The fourth-order valence-corrected chi connectivity index (χ4v) is 0.505. The molecule has 0 aliphatic heterocycles. The fraction of sp³-hybridized carbons (Fsp3) is 0.667. The van der Waals surface area contributed by atoms with Crippen LogP contribution in [-0.2, 0) is 4.79 Å². The van der Waals surface area contributed by atoms with Crippen LogP contribution in [0.25, 0.3) is 0 Å². The summed E-state index contributed by atoms with van der Waals surface area (Å²) < 4.78 is 0. The highest BCUT2D eigenvalue weighted by atomic mass is 16.4. The molecule has 0 rings (SSSR count). The van der Waals surface area contributed by atoms with E-state index in [2.05, 4.69) is 10.5 Å². The molecule has 0 radical (unpaired) electrons. The zero-order valence-corrected chi connectivity index (χ0v) is 6.50. The number of oxime groups is 1. The average molecular weight is 159 g/mol. The van der Waals surface area contributed by atoms with Crippen molar-refractivity contribution < 1.29 is 10.0 Å². The summed E-state index contributed by atoms with van der Waals surface area (Å²) in [4.78, 5) is 10.6. The first-order valence-corrected chi connectivity index (χ1v) is 3.43. The molecule has 5 nitrogen and oxygen atoms in total. The van der Waals surface area contributed by atoms with E-state index in [0.29, 0.717) is 19.4 Å². The summed E-state index contributed by atoms with van der Waals surface area (Å²) >= 11 is 0. The highest BCUT2D eigenvalue weighted by Gasteiger charge is 1.96. The van der Waals surface area contributed by atoms with E-state index < -0.39 is 0 Å². The molecule has 0 unspecified atom stereocenters. The Hall–Kier alpha value is -1.26. The van der Waals surface area contributed by atoms with E-state index in [0.717, 1.165) is 0 Å². The summed E-state index contributed by atoms with van der Waals surface area (Å²) in [6.07, 6.45) is 0.832. The average Bonchev–Trinajstić information content (AvgIpc) is 2.04. The number of hydrogen-bond donors (Lipinski definition) is 3. The second kappa shape index (κ2) is 5.52. The van der Waals surface area contributed by atoms with Crippen LogP contribution in [0.15, 0.2) is 5.16 Å². The maximum atomic E-state index is 10.6. The molecule has 5 heteroatoms. The summed E-state index contributed by atoms with van der Waals surface area (Å²) in [5.41, 5.74) is 5.15. The predicted octanol–water partition coefficient (Wildman–Crippen LogP) is -0.351. The number of rotatable bonds is 4. The molecule has 0 bridgehead atoms. The lowest BCUT2D eigenvalue weighted by Gasteiger charge is -2.00. The summed E-state index contributed by atoms with van der Waals surface area (Å²) in [5.74, 6) is 0.0946. The molecule has 0 heterocycles. The van der Waals surface area contributed by atoms with E-state index >= 15 is 0 Å². The van der Waals surface area contributed by atoms with Crippen LogP contribution in [0, 0.1) is 0 Å². The summed E-state index contributed by atoms with van der Waals surface area (Å²) in [5, 5.41) is 13.4. The molecule has 1 amide bonds. The van der Waals surface area contributed by atoms with Gasteiger partial charge in [0.05, 0.1) is 0 Å². The Balaban J connectivity index is 3.35. The van der Waals surface area contributed by atoms with Gasteiger partial charge >= 0.3 is 0 Å². The molecular weight excluding hydrogens is 146 g/mol. The van der Waals surface area contributed by atoms with Crippen molar-refractivity contribution in [3.05, 3.63) is 0 Å². The van der Waals surface area contributed by atoms with Crippen molar-refractivity contribution in [1.82, 2.24) is 5.32 Å². The van der Waals surface area contributed by atoms with Gasteiger partial charge in [-0.05, 0) is 0 Å². The Kier molecular flexibility index (Phi) is 4.89. The van der Waals surface area contributed by atoms with Crippen LogP contribution in [0.1, 0.15) is 19.8 Å². The molecule has 0 fully saturated rings. The number of carbonyl (C=O) groups excluding carboxylic acids is 1. The van der Waals surface area contributed by atoms with Crippen molar-refractivity contribution >= 4 is 11.7 Å². The van der Waals surface area contributed by atoms with E-state index in [-0.39, 0.29) is 11.7 Å². The lowest BCUT2D eigenvalue weighted by molar-refractivity contribution is -0.120. The quantitative estimate of drug-likeness (QED) is 0.227. The van der Waals surface area contributed by atoms with Gasteiger partial charge in [0.15, 0.2) is 0 Å². The molecule has 0 saturated heterocycles. The third-order valence-corrected chi connectivity index (χ3v) is 1.15. The first-order valence-electron chi connectivity index (χ1n) is 3.43. The van der Waals surface area contributed by atoms with Crippen molar-refractivity contribution in [1.29, 1.82) is 0 Å². The van der Waals surface area contributed by atoms with Gasteiger partial charge in [-0.1, -0.05) is 12.1 Å². The molecule has 0 aromatic heterocycles. The second-order valence-electron chi connectivity index (χ2n) is 2.04. The topological polar surface area (TPSA) is 87.7 Å². The van der Waals surface area contributed by atoms with Crippen LogP contribution < -0.4 is 11.1 Å². The minimum atomic E-state index is -0.0317. The van der Waals surface area contributed by atoms with Gasteiger partial charge in [0.2, 0.25) is 5.91 Å². The summed E-state index contributed by atoms with van der Waals surface area (Å²) in [6, 6.07) is 0. The smallest absolute Gasteiger partial charge is 0.219 e. The van der Waals surface area contributed by atoms with Gasteiger partial charge in [0, 0.05) is 19.4 Å². The standard InChI is InChI=1S/C6H13N3O2/c1-2-6(10)8-4-3-5(7)9-11/h11H,2-4H2,1H3,(H2,7,9)(H,8,10). The lowest BCUT2D eigenvalue weighted by atomic mass is 10.4. The number of nitrogens with zero attached hydrogens (tertiary/aromatic N) is 1. The number of hydrogen-bond acceptors (Lipinski definition) is 3. The Bertz CT molecular complexity index is 156. The largest absolute Gasteiger partial charge is 0.409 e. The zero-order valence-electron chi connectivity index (χ0n) is 6.50.